The predicted molar refractivity (Wildman–Crippen MR) is 160 cm³/mol. The number of carbonyl (C=O) groups is 2. The van der Waals surface area contributed by atoms with Crippen LogP contribution in [0.25, 0.3) is 11.0 Å². The van der Waals surface area contributed by atoms with Crippen LogP contribution in [0, 0.1) is 0 Å². The Morgan fingerprint density at radius 1 is 0.767 bits per heavy atom. The van der Waals surface area contributed by atoms with Crippen LogP contribution in [0.3, 0.4) is 0 Å². The molecule has 224 valence electrons. The number of rotatable bonds is 9. The van der Waals surface area contributed by atoms with Gasteiger partial charge in [0.2, 0.25) is 0 Å². The summed E-state index contributed by atoms with van der Waals surface area (Å²) >= 11 is 0. The van der Waals surface area contributed by atoms with Crippen LogP contribution >= 0.6 is 0 Å². The number of amides is 3. The second-order valence-electron chi connectivity index (χ2n) is 11.2. The summed E-state index contributed by atoms with van der Waals surface area (Å²) in [6.07, 6.45) is 1.07. The third kappa shape index (κ3) is 5.36. The molecule has 0 saturated carbocycles. The molecular formula is C32H36N6O5. The molecule has 2 aliphatic rings. The van der Waals surface area contributed by atoms with E-state index in [0.29, 0.717) is 44.0 Å². The summed E-state index contributed by atoms with van der Waals surface area (Å²) in [6.45, 7) is 2.52. The first-order valence-electron chi connectivity index (χ1n) is 14.3. The van der Waals surface area contributed by atoms with Gasteiger partial charge in [-0.1, -0.05) is 23.4 Å². The molecule has 1 spiro atoms. The van der Waals surface area contributed by atoms with Gasteiger partial charge in [-0.2, -0.15) is 0 Å². The van der Waals surface area contributed by atoms with Crippen molar-refractivity contribution < 1.29 is 23.8 Å². The molecule has 0 bridgehead atoms. The summed E-state index contributed by atoms with van der Waals surface area (Å²) < 4.78 is 18.0. The number of imide groups is 1. The average molecular weight is 585 g/mol. The lowest BCUT2D eigenvalue weighted by Gasteiger charge is -2.42. The van der Waals surface area contributed by atoms with Crippen molar-refractivity contribution in [2.24, 2.45) is 7.05 Å². The Hall–Kier alpha value is -4.64. The predicted octanol–water partition coefficient (Wildman–Crippen LogP) is 3.99. The van der Waals surface area contributed by atoms with Crippen LogP contribution in [0.15, 0.2) is 60.7 Å². The van der Waals surface area contributed by atoms with E-state index in [1.165, 1.54) is 4.90 Å². The van der Waals surface area contributed by atoms with Crippen molar-refractivity contribution in [3.63, 3.8) is 0 Å². The number of likely N-dealkylation sites (tertiary alicyclic amines) is 1. The van der Waals surface area contributed by atoms with Crippen LogP contribution in [-0.2, 0) is 31.5 Å². The summed E-state index contributed by atoms with van der Waals surface area (Å²) in [6, 6.07) is 19.0. The number of methoxy groups -OCH3 is 3. The Morgan fingerprint density at radius 3 is 2.14 bits per heavy atom. The Bertz CT molecular complexity index is 1640. The fourth-order valence-electron chi connectivity index (χ4n) is 6.24. The molecule has 4 aromatic rings. The van der Waals surface area contributed by atoms with Crippen molar-refractivity contribution in [1.29, 1.82) is 0 Å². The monoisotopic (exact) mass is 584 g/mol. The lowest BCUT2D eigenvalue weighted by Crippen LogP contribution is -2.56. The summed E-state index contributed by atoms with van der Waals surface area (Å²) in [4.78, 5) is 33.9. The van der Waals surface area contributed by atoms with Crippen molar-refractivity contribution in [2.45, 2.75) is 38.0 Å². The molecule has 0 unspecified atom stereocenters. The first-order valence-corrected chi connectivity index (χ1v) is 14.3. The standard InChI is InChI=1S/C32H36N6O5/c1-35-29-9-8-23(17-28(29)33-34-35)21-38-31(40)37(20-24-15-26(42-3)18-27(16-24)43-4)30(39)32(38)10-12-36(13-11-32)19-22-6-5-7-25(14-22)41-2/h5-9,14-18H,10-13,19-21H2,1-4H3. The number of aromatic nitrogens is 3. The van der Waals surface area contributed by atoms with Gasteiger partial charge in [0, 0.05) is 39.3 Å². The average Bonchev–Trinajstić information content (AvgIpc) is 3.49. The van der Waals surface area contributed by atoms with Gasteiger partial charge in [0.1, 0.15) is 28.3 Å². The Kier molecular flexibility index (Phi) is 7.66. The number of hydrogen-bond acceptors (Lipinski definition) is 8. The molecule has 11 nitrogen and oxygen atoms in total. The van der Waals surface area contributed by atoms with Gasteiger partial charge in [-0.15, -0.1) is 5.10 Å². The van der Waals surface area contributed by atoms with Crippen LogP contribution < -0.4 is 14.2 Å². The molecule has 11 heteroatoms. The van der Waals surface area contributed by atoms with Crippen LogP contribution in [0.4, 0.5) is 4.79 Å². The van der Waals surface area contributed by atoms with E-state index in [2.05, 4.69) is 21.3 Å². The number of nitrogens with zero attached hydrogens (tertiary/aromatic N) is 6. The van der Waals surface area contributed by atoms with E-state index in [-0.39, 0.29) is 18.5 Å². The third-order valence-corrected chi connectivity index (χ3v) is 8.61. The highest BCUT2D eigenvalue weighted by atomic mass is 16.5. The Morgan fingerprint density at radius 2 is 1.44 bits per heavy atom. The van der Waals surface area contributed by atoms with E-state index < -0.39 is 5.54 Å². The van der Waals surface area contributed by atoms with Crippen LogP contribution in [0.5, 0.6) is 17.2 Å². The Balaban J connectivity index is 1.29. The summed E-state index contributed by atoms with van der Waals surface area (Å²) in [5.74, 6) is 1.85. The molecule has 0 N–H and O–H groups in total. The van der Waals surface area contributed by atoms with Gasteiger partial charge in [0.25, 0.3) is 5.91 Å². The zero-order chi connectivity index (χ0) is 30.1. The second-order valence-corrected chi connectivity index (χ2v) is 11.2. The van der Waals surface area contributed by atoms with Gasteiger partial charge in [-0.3, -0.25) is 14.6 Å². The molecule has 1 aromatic heterocycles. The largest absolute Gasteiger partial charge is 0.497 e. The van der Waals surface area contributed by atoms with E-state index in [9.17, 15) is 9.59 Å². The molecule has 0 radical (unpaired) electrons. The second kappa shape index (κ2) is 11.6. The molecule has 2 saturated heterocycles. The van der Waals surface area contributed by atoms with Crippen LogP contribution in [0.1, 0.15) is 29.5 Å². The molecule has 3 aromatic carbocycles. The molecule has 3 amide bonds. The molecule has 0 atom stereocenters. The highest BCUT2D eigenvalue weighted by Gasteiger charge is 2.57. The van der Waals surface area contributed by atoms with E-state index in [4.69, 9.17) is 14.2 Å². The SMILES string of the molecule is COc1cccc(CN2CCC3(CC2)C(=O)N(Cc2cc(OC)cc(OC)c2)C(=O)N3Cc2ccc3c(c2)nnn3C)c1. The lowest BCUT2D eigenvalue weighted by atomic mass is 9.85. The fourth-order valence-corrected chi connectivity index (χ4v) is 6.24. The van der Waals surface area contributed by atoms with Crippen molar-refractivity contribution >= 4 is 23.0 Å². The van der Waals surface area contributed by atoms with Gasteiger partial charge in [0.15, 0.2) is 0 Å². The Labute approximate surface area is 250 Å². The number of hydrogen-bond donors (Lipinski definition) is 0. The van der Waals surface area contributed by atoms with Gasteiger partial charge >= 0.3 is 6.03 Å². The summed E-state index contributed by atoms with van der Waals surface area (Å²) in [7, 11) is 6.66. The number of benzene rings is 3. The lowest BCUT2D eigenvalue weighted by molar-refractivity contribution is -0.136. The third-order valence-electron chi connectivity index (χ3n) is 8.61. The van der Waals surface area contributed by atoms with E-state index in [0.717, 1.165) is 40.0 Å². The first-order chi connectivity index (χ1) is 20.8. The summed E-state index contributed by atoms with van der Waals surface area (Å²) in [5.41, 5.74) is 3.51. The number of ether oxygens (including phenoxy) is 3. The maximum atomic E-state index is 14.3. The number of urea groups is 1. The van der Waals surface area contributed by atoms with Gasteiger partial charge in [-0.25, -0.2) is 9.48 Å². The van der Waals surface area contributed by atoms with E-state index in [1.54, 1.807) is 37.0 Å². The normalized spacial score (nSPS) is 16.8. The molecule has 2 aliphatic heterocycles. The molecule has 6 rings (SSSR count). The topological polar surface area (TPSA) is 102 Å². The van der Waals surface area contributed by atoms with Gasteiger partial charge in [-0.05, 0) is 65.9 Å². The fraction of sp³-hybridized carbons (Fsp3) is 0.375. The van der Waals surface area contributed by atoms with Gasteiger partial charge < -0.3 is 19.1 Å². The minimum absolute atomic E-state index is 0.125. The summed E-state index contributed by atoms with van der Waals surface area (Å²) in [5, 5.41) is 8.36. The molecule has 3 heterocycles. The van der Waals surface area contributed by atoms with Crippen molar-refractivity contribution in [3.05, 3.63) is 77.4 Å². The first kappa shape index (κ1) is 28.5. The zero-order valence-corrected chi connectivity index (χ0v) is 24.9. The molecular weight excluding hydrogens is 548 g/mol. The van der Waals surface area contributed by atoms with Crippen molar-refractivity contribution in [1.82, 2.24) is 29.7 Å². The smallest absolute Gasteiger partial charge is 0.328 e. The highest BCUT2D eigenvalue weighted by Crippen LogP contribution is 2.40. The minimum Gasteiger partial charge on any atom is -0.497 e. The highest BCUT2D eigenvalue weighted by molar-refractivity contribution is 6.07. The number of carbonyl (C=O) groups excluding carboxylic acids is 2. The molecule has 43 heavy (non-hydrogen) atoms. The number of fused-ring (bicyclic) bond motifs is 1. The van der Waals surface area contributed by atoms with E-state index in [1.807, 2.05) is 55.6 Å². The van der Waals surface area contributed by atoms with Crippen molar-refractivity contribution in [3.8, 4) is 17.2 Å². The maximum Gasteiger partial charge on any atom is 0.328 e. The van der Waals surface area contributed by atoms with Crippen LogP contribution in [0.2, 0.25) is 0 Å². The van der Waals surface area contributed by atoms with Crippen molar-refractivity contribution in [2.75, 3.05) is 34.4 Å². The molecule has 0 aliphatic carbocycles. The quantitative estimate of drug-likeness (QED) is 0.272. The van der Waals surface area contributed by atoms with Gasteiger partial charge in [0.05, 0.1) is 33.4 Å². The number of piperidine rings is 1. The molecule has 2 fully saturated rings. The zero-order valence-electron chi connectivity index (χ0n) is 24.9. The minimum atomic E-state index is -0.942. The number of aryl methyl sites for hydroxylation is 1. The maximum absolute atomic E-state index is 14.3. The van der Waals surface area contributed by atoms with Crippen LogP contribution in [-0.4, -0.2) is 81.6 Å². The van der Waals surface area contributed by atoms with E-state index >= 15 is 0 Å².